The summed E-state index contributed by atoms with van der Waals surface area (Å²) in [6, 6.07) is 7.97. The Labute approximate surface area is 96.8 Å². The number of alkyl halides is 1. The van der Waals surface area contributed by atoms with Gasteiger partial charge in [-0.15, -0.1) is 11.6 Å². The average molecular weight is 228 g/mol. The molecule has 0 aliphatic heterocycles. The lowest BCUT2D eigenvalue weighted by Gasteiger charge is -2.16. The SMILES string of the molecule is Cc1ccccc1OCC(Cl)CN(C)C. The number of benzene rings is 1. The first-order valence-corrected chi connectivity index (χ1v) is 5.50. The lowest BCUT2D eigenvalue weighted by atomic mass is 10.2. The number of hydrogen-bond acceptors (Lipinski definition) is 2. The van der Waals surface area contributed by atoms with Crippen molar-refractivity contribution >= 4 is 11.6 Å². The van der Waals surface area contributed by atoms with Crippen molar-refractivity contribution in [2.45, 2.75) is 12.3 Å². The third kappa shape index (κ3) is 4.54. The van der Waals surface area contributed by atoms with Gasteiger partial charge in [0.25, 0.3) is 0 Å². The summed E-state index contributed by atoms with van der Waals surface area (Å²) in [6.45, 7) is 3.41. The Morgan fingerprint density at radius 3 is 2.60 bits per heavy atom. The normalized spacial score (nSPS) is 12.9. The number of ether oxygens (including phenoxy) is 1. The summed E-state index contributed by atoms with van der Waals surface area (Å²) in [4.78, 5) is 2.05. The zero-order chi connectivity index (χ0) is 11.3. The van der Waals surface area contributed by atoms with Crippen LogP contribution in [-0.2, 0) is 0 Å². The van der Waals surface area contributed by atoms with Crippen molar-refractivity contribution in [3.05, 3.63) is 29.8 Å². The van der Waals surface area contributed by atoms with E-state index in [2.05, 4.69) is 4.90 Å². The molecule has 0 amide bonds. The molecule has 0 radical (unpaired) electrons. The maximum Gasteiger partial charge on any atom is 0.122 e. The van der Waals surface area contributed by atoms with E-state index in [1.165, 1.54) is 0 Å². The first kappa shape index (κ1) is 12.3. The van der Waals surface area contributed by atoms with Gasteiger partial charge in [0.1, 0.15) is 12.4 Å². The Hall–Kier alpha value is -0.730. The minimum atomic E-state index is 0.0274. The van der Waals surface area contributed by atoms with Crippen LogP contribution in [0.5, 0.6) is 5.75 Å². The van der Waals surface area contributed by atoms with Gasteiger partial charge >= 0.3 is 0 Å². The van der Waals surface area contributed by atoms with Crippen molar-refractivity contribution in [2.24, 2.45) is 0 Å². The van der Waals surface area contributed by atoms with Crippen molar-refractivity contribution in [3.63, 3.8) is 0 Å². The van der Waals surface area contributed by atoms with Gasteiger partial charge in [0.15, 0.2) is 0 Å². The van der Waals surface area contributed by atoms with Gasteiger partial charge in [-0.1, -0.05) is 18.2 Å². The van der Waals surface area contributed by atoms with E-state index >= 15 is 0 Å². The second-order valence-corrected chi connectivity index (χ2v) is 4.55. The number of nitrogens with zero attached hydrogens (tertiary/aromatic N) is 1. The molecular weight excluding hydrogens is 210 g/mol. The molecule has 0 saturated carbocycles. The first-order chi connectivity index (χ1) is 7.09. The van der Waals surface area contributed by atoms with E-state index in [0.29, 0.717) is 6.61 Å². The Morgan fingerprint density at radius 2 is 2.00 bits per heavy atom. The summed E-state index contributed by atoms with van der Waals surface area (Å²) in [5.41, 5.74) is 1.14. The highest BCUT2D eigenvalue weighted by Crippen LogP contribution is 2.16. The number of aryl methyl sites for hydroxylation is 1. The summed E-state index contributed by atoms with van der Waals surface area (Å²) in [7, 11) is 4.01. The van der Waals surface area contributed by atoms with E-state index in [1.54, 1.807) is 0 Å². The fourth-order valence-corrected chi connectivity index (χ4v) is 1.69. The molecule has 0 fully saturated rings. The van der Waals surface area contributed by atoms with Crippen molar-refractivity contribution in [2.75, 3.05) is 27.2 Å². The van der Waals surface area contributed by atoms with Crippen LogP contribution in [0.1, 0.15) is 5.56 Å². The maximum absolute atomic E-state index is 6.11. The summed E-state index contributed by atoms with van der Waals surface area (Å²) in [5, 5.41) is 0.0274. The van der Waals surface area contributed by atoms with Crippen molar-refractivity contribution in [1.29, 1.82) is 0 Å². The Morgan fingerprint density at radius 1 is 1.33 bits per heavy atom. The molecule has 0 N–H and O–H groups in total. The molecule has 3 heteroatoms. The molecule has 0 aliphatic rings. The molecule has 1 rings (SSSR count). The highest BCUT2D eigenvalue weighted by Gasteiger charge is 2.07. The molecule has 15 heavy (non-hydrogen) atoms. The van der Waals surface area contributed by atoms with Crippen molar-refractivity contribution in [1.82, 2.24) is 4.90 Å². The Balaban J connectivity index is 2.40. The Bertz CT molecular complexity index is 301. The molecule has 1 aromatic rings. The molecule has 1 aromatic carbocycles. The number of halogens is 1. The Kier molecular flexibility index (Phi) is 4.92. The molecule has 0 aliphatic carbocycles. The van der Waals surface area contributed by atoms with Crippen LogP contribution >= 0.6 is 11.6 Å². The molecule has 0 saturated heterocycles. The average Bonchev–Trinajstić information content (AvgIpc) is 2.15. The minimum absolute atomic E-state index is 0.0274. The van der Waals surface area contributed by atoms with Crippen LogP contribution in [0, 0.1) is 6.92 Å². The molecule has 1 unspecified atom stereocenters. The molecular formula is C12H18ClNO. The number of rotatable bonds is 5. The second-order valence-electron chi connectivity index (χ2n) is 3.94. The largest absolute Gasteiger partial charge is 0.492 e. The van der Waals surface area contributed by atoms with Gasteiger partial charge in [-0.2, -0.15) is 0 Å². The predicted molar refractivity (Wildman–Crippen MR) is 64.9 cm³/mol. The van der Waals surface area contributed by atoms with Crippen LogP contribution < -0.4 is 4.74 Å². The van der Waals surface area contributed by atoms with Crippen LogP contribution in [0.3, 0.4) is 0 Å². The minimum Gasteiger partial charge on any atom is -0.492 e. The fraction of sp³-hybridized carbons (Fsp3) is 0.500. The number of hydrogen-bond donors (Lipinski definition) is 0. The first-order valence-electron chi connectivity index (χ1n) is 5.07. The van der Waals surface area contributed by atoms with Gasteiger partial charge in [-0.05, 0) is 32.6 Å². The predicted octanol–water partition coefficient (Wildman–Crippen LogP) is 2.54. The monoisotopic (exact) mass is 227 g/mol. The molecule has 0 heterocycles. The summed E-state index contributed by atoms with van der Waals surface area (Å²) in [6.07, 6.45) is 0. The molecule has 1 atom stereocenters. The van der Waals surface area contributed by atoms with Crippen LogP contribution in [0.25, 0.3) is 0 Å². The molecule has 0 aromatic heterocycles. The van der Waals surface area contributed by atoms with E-state index in [1.807, 2.05) is 45.3 Å². The van der Waals surface area contributed by atoms with E-state index in [4.69, 9.17) is 16.3 Å². The highest BCUT2D eigenvalue weighted by atomic mass is 35.5. The number of para-hydroxylation sites is 1. The second kappa shape index (κ2) is 5.99. The van der Waals surface area contributed by atoms with E-state index < -0.39 is 0 Å². The summed E-state index contributed by atoms with van der Waals surface area (Å²) < 4.78 is 5.64. The van der Waals surface area contributed by atoms with Crippen molar-refractivity contribution in [3.8, 4) is 5.75 Å². The third-order valence-corrected chi connectivity index (χ3v) is 2.34. The fourth-order valence-electron chi connectivity index (χ4n) is 1.35. The quantitative estimate of drug-likeness (QED) is 0.717. The van der Waals surface area contributed by atoms with Crippen LogP contribution in [0.2, 0.25) is 0 Å². The smallest absolute Gasteiger partial charge is 0.122 e. The lowest BCUT2D eigenvalue weighted by molar-refractivity contribution is 0.284. The maximum atomic E-state index is 6.11. The summed E-state index contributed by atoms with van der Waals surface area (Å²) >= 11 is 6.11. The summed E-state index contributed by atoms with van der Waals surface area (Å²) in [5.74, 6) is 0.918. The van der Waals surface area contributed by atoms with Crippen LogP contribution in [0.15, 0.2) is 24.3 Å². The zero-order valence-corrected chi connectivity index (χ0v) is 10.3. The van der Waals surface area contributed by atoms with Gasteiger partial charge in [0.05, 0.1) is 5.38 Å². The van der Waals surface area contributed by atoms with E-state index in [0.717, 1.165) is 17.9 Å². The molecule has 0 bridgehead atoms. The van der Waals surface area contributed by atoms with Crippen LogP contribution in [-0.4, -0.2) is 37.5 Å². The van der Waals surface area contributed by atoms with Crippen molar-refractivity contribution < 1.29 is 4.74 Å². The van der Waals surface area contributed by atoms with Gasteiger partial charge in [0, 0.05) is 6.54 Å². The molecule has 2 nitrogen and oxygen atoms in total. The van der Waals surface area contributed by atoms with Gasteiger partial charge in [-0.3, -0.25) is 0 Å². The molecule has 84 valence electrons. The standard InChI is InChI=1S/C12H18ClNO/c1-10-6-4-5-7-12(10)15-9-11(13)8-14(2)3/h4-7,11H,8-9H2,1-3H3. The molecule has 0 spiro atoms. The van der Waals surface area contributed by atoms with Gasteiger partial charge in [0.2, 0.25) is 0 Å². The van der Waals surface area contributed by atoms with Gasteiger partial charge < -0.3 is 9.64 Å². The van der Waals surface area contributed by atoms with Crippen LogP contribution in [0.4, 0.5) is 0 Å². The lowest BCUT2D eigenvalue weighted by Crippen LogP contribution is -2.26. The van der Waals surface area contributed by atoms with Gasteiger partial charge in [-0.25, -0.2) is 0 Å². The zero-order valence-electron chi connectivity index (χ0n) is 9.53. The topological polar surface area (TPSA) is 12.5 Å². The highest BCUT2D eigenvalue weighted by molar-refractivity contribution is 6.20. The van der Waals surface area contributed by atoms with E-state index in [-0.39, 0.29) is 5.38 Å². The third-order valence-electron chi connectivity index (χ3n) is 2.08. The van der Waals surface area contributed by atoms with E-state index in [9.17, 15) is 0 Å².